The molecule has 23 heavy (non-hydrogen) atoms. The topological polar surface area (TPSA) is 36.8 Å². The maximum atomic E-state index is 12.1. The van der Waals surface area contributed by atoms with Gasteiger partial charge in [0.1, 0.15) is 0 Å². The lowest BCUT2D eigenvalue weighted by Crippen LogP contribution is -3.16. The quantitative estimate of drug-likeness (QED) is 0.887. The van der Waals surface area contributed by atoms with Gasteiger partial charge in [0.25, 0.3) is 5.91 Å². The summed E-state index contributed by atoms with van der Waals surface area (Å²) in [6.45, 7) is 6.86. The lowest BCUT2D eigenvalue weighted by atomic mass is 10.1. The van der Waals surface area contributed by atoms with E-state index in [1.165, 1.54) is 16.2 Å². The van der Waals surface area contributed by atoms with E-state index >= 15 is 0 Å². The van der Waals surface area contributed by atoms with E-state index in [0.29, 0.717) is 6.67 Å². The van der Waals surface area contributed by atoms with Crippen LogP contribution in [0.25, 0.3) is 0 Å². The molecule has 2 aromatic rings. The van der Waals surface area contributed by atoms with Crippen LogP contribution in [0.1, 0.15) is 15.9 Å². The second kappa shape index (κ2) is 7.29. The fourth-order valence-electron chi connectivity index (χ4n) is 2.91. The van der Waals surface area contributed by atoms with Crippen molar-refractivity contribution in [2.24, 2.45) is 0 Å². The van der Waals surface area contributed by atoms with Gasteiger partial charge in [-0.05, 0) is 31.2 Å². The minimum absolute atomic E-state index is 0.0167. The van der Waals surface area contributed by atoms with Gasteiger partial charge in [-0.2, -0.15) is 0 Å². The Bertz CT molecular complexity index is 631. The predicted molar refractivity (Wildman–Crippen MR) is 92.9 cm³/mol. The first kappa shape index (κ1) is 15.6. The van der Waals surface area contributed by atoms with Crippen molar-refractivity contribution in [2.45, 2.75) is 6.92 Å². The van der Waals surface area contributed by atoms with Crippen molar-refractivity contribution in [3.8, 4) is 0 Å². The Kier molecular flexibility index (Phi) is 4.93. The lowest BCUT2D eigenvalue weighted by molar-refractivity contribution is -0.902. The van der Waals surface area contributed by atoms with Crippen molar-refractivity contribution in [3.05, 3.63) is 65.7 Å². The maximum Gasteiger partial charge on any atom is 0.255 e. The molecule has 0 bridgehead atoms. The molecule has 2 aromatic carbocycles. The average Bonchev–Trinajstić information content (AvgIpc) is 2.61. The zero-order chi connectivity index (χ0) is 16.1. The van der Waals surface area contributed by atoms with Crippen molar-refractivity contribution in [1.82, 2.24) is 5.32 Å². The van der Waals surface area contributed by atoms with Gasteiger partial charge >= 0.3 is 0 Å². The van der Waals surface area contributed by atoms with Gasteiger partial charge in [0, 0.05) is 11.3 Å². The van der Waals surface area contributed by atoms with Crippen molar-refractivity contribution < 1.29 is 9.69 Å². The van der Waals surface area contributed by atoms with Crippen molar-refractivity contribution in [2.75, 3.05) is 37.7 Å². The zero-order valence-electron chi connectivity index (χ0n) is 13.6. The number of hydrogen-bond acceptors (Lipinski definition) is 2. The SMILES string of the molecule is Cc1ccc(C(=O)NC[NH+]2CCN(c3ccccc3)CC2)cc1. The molecule has 1 fully saturated rings. The summed E-state index contributed by atoms with van der Waals surface area (Å²) in [5, 5.41) is 3.05. The average molecular weight is 310 g/mol. The number of piperazine rings is 1. The number of benzene rings is 2. The summed E-state index contributed by atoms with van der Waals surface area (Å²) in [6.07, 6.45) is 0. The Hall–Kier alpha value is -2.33. The molecule has 4 nitrogen and oxygen atoms in total. The highest BCUT2D eigenvalue weighted by Gasteiger charge is 2.20. The Morgan fingerprint density at radius 1 is 1.04 bits per heavy atom. The van der Waals surface area contributed by atoms with Crippen molar-refractivity contribution in [1.29, 1.82) is 0 Å². The molecule has 0 aromatic heterocycles. The third kappa shape index (κ3) is 4.11. The van der Waals surface area contributed by atoms with Crippen LogP contribution in [0, 0.1) is 6.92 Å². The summed E-state index contributed by atoms with van der Waals surface area (Å²) in [6, 6.07) is 18.2. The van der Waals surface area contributed by atoms with Crippen LogP contribution in [-0.4, -0.2) is 38.8 Å². The molecule has 1 aliphatic heterocycles. The Balaban J connectivity index is 1.46. The molecule has 2 N–H and O–H groups in total. The van der Waals surface area contributed by atoms with Gasteiger partial charge in [0.2, 0.25) is 0 Å². The van der Waals surface area contributed by atoms with Crippen LogP contribution in [0.4, 0.5) is 5.69 Å². The molecule has 1 saturated heterocycles. The summed E-state index contributed by atoms with van der Waals surface area (Å²) >= 11 is 0. The molecule has 0 aliphatic carbocycles. The van der Waals surface area contributed by atoms with E-state index in [-0.39, 0.29) is 5.91 Å². The number of amides is 1. The van der Waals surface area contributed by atoms with E-state index in [0.717, 1.165) is 31.7 Å². The molecular formula is C19H24N3O+. The molecule has 1 amide bonds. The molecule has 0 radical (unpaired) electrons. The number of carbonyl (C=O) groups excluding carboxylic acids is 1. The van der Waals surface area contributed by atoms with E-state index in [2.05, 4.69) is 34.5 Å². The minimum Gasteiger partial charge on any atom is -0.360 e. The van der Waals surface area contributed by atoms with Crippen LogP contribution in [0.3, 0.4) is 0 Å². The third-order valence-electron chi connectivity index (χ3n) is 4.40. The molecule has 3 rings (SSSR count). The normalized spacial score (nSPS) is 15.4. The third-order valence-corrected chi connectivity index (χ3v) is 4.40. The molecule has 120 valence electrons. The molecular weight excluding hydrogens is 286 g/mol. The van der Waals surface area contributed by atoms with E-state index in [1.54, 1.807) is 0 Å². The summed E-state index contributed by atoms with van der Waals surface area (Å²) in [5.74, 6) is 0.0167. The minimum atomic E-state index is 0.0167. The number of carbonyl (C=O) groups is 1. The van der Waals surface area contributed by atoms with Gasteiger partial charge < -0.3 is 15.1 Å². The fourth-order valence-corrected chi connectivity index (χ4v) is 2.91. The van der Waals surface area contributed by atoms with E-state index in [1.807, 2.05) is 37.3 Å². The van der Waals surface area contributed by atoms with Crippen LogP contribution in [0.2, 0.25) is 0 Å². The molecule has 4 heteroatoms. The highest BCUT2D eigenvalue weighted by Crippen LogP contribution is 2.12. The number of nitrogens with one attached hydrogen (secondary N) is 2. The molecule has 1 aliphatic rings. The van der Waals surface area contributed by atoms with Crippen LogP contribution in [-0.2, 0) is 0 Å². The smallest absolute Gasteiger partial charge is 0.255 e. The first-order valence-electron chi connectivity index (χ1n) is 8.21. The number of anilines is 1. The van der Waals surface area contributed by atoms with Crippen molar-refractivity contribution >= 4 is 11.6 Å². The van der Waals surface area contributed by atoms with Gasteiger partial charge in [-0.25, -0.2) is 0 Å². The molecule has 0 spiro atoms. The van der Waals surface area contributed by atoms with Gasteiger partial charge in [-0.15, -0.1) is 0 Å². The monoisotopic (exact) mass is 310 g/mol. The number of rotatable bonds is 4. The summed E-state index contributed by atoms with van der Waals surface area (Å²) in [5.41, 5.74) is 3.19. The highest BCUT2D eigenvalue weighted by atomic mass is 16.1. The van der Waals surface area contributed by atoms with Crippen LogP contribution in [0.15, 0.2) is 54.6 Å². The Labute approximate surface area is 137 Å². The number of quaternary nitrogens is 1. The van der Waals surface area contributed by atoms with Gasteiger partial charge in [-0.1, -0.05) is 35.9 Å². The number of hydrogen-bond donors (Lipinski definition) is 2. The second-order valence-electron chi connectivity index (χ2n) is 6.12. The standard InChI is InChI=1S/C19H23N3O/c1-16-7-9-17(10-8-16)19(23)20-15-21-11-13-22(14-12-21)18-5-3-2-4-6-18/h2-10H,11-15H2,1H3,(H,20,23)/p+1. The van der Waals surface area contributed by atoms with Crippen LogP contribution >= 0.6 is 0 Å². The maximum absolute atomic E-state index is 12.1. The predicted octanol–water partition coefficient (Wildman–Crippen LogP) is 1.09. The first-order valence-corrected chi connectivity index (χ1v) is 8.21. The summed E-state index contributed by atoms with van der Waals surface area (Å²) in [7, 11) is 0. The van der Waals surface area contributed by atoms with Crippen LogP contribution < -0.4 is 15.1 Å². The second-order valence-corrected chi connectivity index (χ2v) is 6.12. The van der Waals surface area contributed by atoms with Crippen molar-refractivity contribution in [3.63, 3.8) is 0 Å². The van der Waals surface area contributed by atoms with E-state index in [4.69, 9.17) is 0 Å². The van der Waals surface area contributed by atoms with Crippen LogP contribution in [0.5, 0.6) is 0 Å². The largest absolute Gasteiger partial charge is 0.360 e. The number of aryl methyl sites for hydroxylation is 1. The Morgan fingerprint density at radius 3 is 2.35 bits per heavy atom. The summed E-state index contributed by atoms with van der Waals surface area (Å²) < 4.78 is 0. The van der Waals surface area contributed by atoms with E-state index < -0.39 is 0 Å². The molecule has 1 heterocycles. The first-order chi connectivity index (χ1) is 11.2. The highest BCUT2D eigenvalue weighted by molar-refractivity contribution is 5.94. The van der Waals surface area contributed by atoms with Gasteiger partial charge in [-0.3, -0.25) is 4.79 Å². The zero-order valence-corrected chi connectivity index (χ0v) is 13.6. The van der Waals surface area contributed by atoms with Gasteiger partial charge in [0.15, 0.2) is 6.67 Å². The number of para-hydroxylation sites is 1. The van der Waals surface area contributed by atoms with Gasteiger partial charge in [0.05, 0.1) is 26.2 Å². The number of nitrogens with zero attached hydrogens (tertiary/aromatic N) is 1. The molecule has 0 saturated carbocycles. The molecule has 0 unspecified atom stereocenters. The molecule has 0 atom stereocenters. The Morgan fingerprint density at radius 2 is 1.70 bits per heavy atom. The van der Waals surface area contributed by atoms with E-state index in [9.17, 15) is 4.79 Å². The lowest BCUT2D eigenvalue weighted by Gasteiger charge is -2.33. The summed E-state index contributed by atoms with van der Waals surface area (Å²) in [4.78, 5) is 16.0. The fraction of sp³-hybridized carbons (Fsp3) is 0.316.